The molecule has 0 saturated carbocycles. The average Bonchev–Trinajstić information content (AvgIpc) is 2.67. The lowest BCUT2D eigenvalue weighted by Crippen LogP contribution is -2.26. The normalized spacial score (nSPS) is 13.5. The lowest BCUT2D eigenvalue weighted by atomic mass is 10.1. The minimum Gasteiger partial charge on any atom is -0.494 e. The highest BCUT2D eigenvalue weighted by Crippen LogP contribution is 2.28. The molecule has 0 aromatic heterocycles. The molecule has 0 amide bonds. The standard InChI is InChI=1S/C23H36O6/c1-23(2,3)29-22(24)18-26-14-8-13-25-12-5-4-6-15-27-20-10-11-21-19(17-20)9-7-16-28-21/h10-11,17H,4-9,12-16,18H2,1-3H3. The number of aryl methyl sites for hydroxylation is 1. The van der Waals surface area contributed by atoms with E-state index < -0.39 is 5.60 Å². The molecule has 0 bridgehead atoms. The summed E-state index contributed by atoms with van der Waals surface area (Å²) >= 11 is 0. The number of hydrogen-bond acceptors (Lipinski definition) is 6. The zero-order valence-electron chi connectivity index (χ0n) is 18.2. The van der Waals surface area contributed by atoms with Gasteiger partial charge in [-0.05, 0) is 83.1 Å². The van der Waals surface area contributed by atoms with E-state index in [1.54, 1.807) is 0 Å². The highest BCUT2D eigenvalue weighted by molar-refractivity contribution is 5.71. The second-order valence-electron chi connectivity index (χ2n) is 8.24. The van der Waals surface area contributed by atoms with Crippen LogP contribution in [0.15, 0.2) is 18.2 Å². The topological polar surface area (TPSA) is 63.2 Å². The molecule has 0 aliphatic carbocycles. The molecule has 164 valence electrons. The Morgan fingerprint density at radius 2 is 1.76 bits per heavy atom. The summed E-state index contributed by atoms with van der Waals surface area (Å²) in [5, 5.41) is 0. The third-order valence-corrected chi connectivity index (χ3v) is 4.30. The van der Waals surface area contributed by atoms with E-state index in [1.165, 1.54) is 5.56 Å². The fourth-order valence-electron chi connectivity index (χ4n) is 2.99. The van der Waals surface area contributed by atoms with Crippen LogP contribution in [0.2, 0.25) is 0 Å². The van der Waals surface area contributed by atoms with Crippen LogP contribution in [0.5, 0.6) is 11.5 Å². The molecule has 0 fully saturated rings. The molecule has 0 N–H and O–H groups in total. The van der Waals surface area contributed by atoms with E-state index in [2.05, 4.69) is 6.07 Å². The Hall–Kier alpha value is -1.79. The molecule has 0 atom stereocenters. The predicted octanol–water partition coefficient (Wildman–Crippen LogP) is 4.33. The fourth-order valence-corrected chi connectivity index (χ4v) is 2.99. The summed E-state index contributed by atoms with van der Waals surface area (Å²) in [6.45, 7) is 8.93. The predicted molar refractivity (Wildman–Crippen MR) is 112 cm³/mol. The maximum Gasteiger partial charge on any atom is 0.332 e. The molecule has 2 rings (SSSR count). The van der Waals surface area contributed by atoms with Crippen molar-refractivity contribution in [2.75, 3.05) is 39.6 Å². The lowest BCUT2D eigenvalue weighted by Gasteiger charge is -2.19. The van der Waals surface area contributed by atoms with Crippen LogP contribution in [0, 0.1) is 0 Å². The second kappa shape index (κ2) is 12.7. The van der Waals surface area contributed by atoms with Gasteiger partial charge in [-0.25, -0.2) is 4.79 Å². The Kier molecular flexibility index (Phi) is 10.3. The minimum atomic E-state index is -0.468. The number of carbonyl (C=O) groups excluding carboxylic acids is 1. The number of ether oxygens (including phenoxy) is 5. The van der Waals surface area contributed by atoms with E-state index in [1.807, 2.05) is 32.9 Å². The van der Waals surface area contributed by atoms with Gasteiger partial charge in [-0.15, -0.1) is 0 Å². The first-order valence-corrected chi connectivity index (χ1v) is 10.7. The fraction of sp³-hybridized carbons (Fsp3) is 0.696. The molecule has 6 heteroatoms. The second-order valence-corrected chi connectivity index (χ2v) is 8.24. The first kappa shape index (κ1) is 23.5. The number of unbranched alkanes of at least 4 members (excludes halogenated alkanes) is 2. The molecular weight excluding hydrogens is 372 g/mol. The van der Waals surface area contributed by atoms with Crippen molar-refractivity contribution in [1.29, 1.82) is 0 Å². The third kappa shape index (κ3) is 10.5. The van der Waals surface area contributed by atoms with Gasteiger partial charge in [0.25, 0.3) is 0 Å². The maximum absolute atomic E-state index is 11.5. The molecule has 0 saturated heterocycles. The highest BCUT2D eigenvalue weighted by atomic mass is 16.6. The van der Waals surface area contributed by atoms with Crippen molar-refractivity contribution < 1.29 is 28.5 Å². The van der Waals surface area contributed by atoms with Crippen molar-refractivity contribution in [3.63, 3.8) is 0 Å². The molecule has 29 heavy (non-hydrogen) atoms. The molecule has 1 aliphatic rings. The van der Waals surface area contributed by atoms with Crippen molar-refractivity contribution in [2.24, 2.45) is 0 Å². The number of fused-ring (bicyclic) bond motifs is 1. The molecule has 1 aromatic rings. The van der Waals surface area contributed by atoms with Gasteiger partial charge < -0.3 is 23.7 Å². The van der Waals surface area contributed by atoms with Gasteiger partial charge in [-0.3, -0.25) is 0 Å². The molecule has 1 aliphatic heterocycles. The van der Waals surface area contributed by atoms with Gasteiger partial charge in [0, 0.05) is 19.8 Å². The van der Waals surface area contributed by atoms with Crippen LogP contribution in [0.3, 0.4) is 0 Å². The highest BCUT2D eigenvalue weighted by Gasteiger charge is 2.15. The zero-order valence-corrected chi connectivity index (χ0v) is 18.2. The van der Waals surface area contributed by atoms with Crippen LogP contribution in [0.4, 0.5) is 0 Å². The van der Waals surface area contributed by atoms with Crippen molar-refractivity contribution in [3.05, 3.63) is 23.8 Å². The Morgan fingerprint density at radius 3 is 2.59 bits per heavy atom. The SMILES string of the molecule is CC(C)(C)OC(=O)COCCCOCCCCCOc1ccc2c(c1)CCCO2. The third-order valence-electron chi connectivity index (χ3n) is 4.30. The van der Waals surface area contributed by atoms with Crippen LogP contribution in [-0.4, -0.2) is 51.2 Å². The summed E-state index contributed by atoms with van der Waals surface area (Å²) in [5.41, 5.74) is 0.779. The van der Waals surface area contributed by atoms with Crippen molar-refractivity contribution in [1.82, 2.24) is 0 Å². The summed E-state index contributed by atoms with van der Waals surface area (Å²) in [5.74, 6) is 1.59. The number of esters is 1. The smallest absolute Gasteiger partial charge is 0.332 e. The van der Waals surface area contributed by atoms with Crippen molar-refractivity contribution in [2.45, 2.75) is 64.9 Å². The van der Waals surface area contributed by atoms with Crippen LogP contribution < -0.4 is 9.47 Å². The molecule has 0 unspecified atom stereocenters. The van der Waals surface area contributed by atoms with E-state index in [-0.39, 0.29) is 12.6 Å². The molecule has 6 nitrogen and oxygen atoms in total. The Morgan fingerprint density at radius 1 is 1.00 bits per heavy atom. The van der Waals surface area contributed by atoms with E-state index in [0.717, 1.165) is 69.8 Å². The Labute approximate surface area is 174 Å². The van der Waals surface area contributed by atoms with Crippen LogP contribution in [0.25, 0.3) is 0 Å². The van der Waals surface area contributed by atoms with Crippen molar-refractivity contribution >= 4 is 5.97 Å². The molecule has 0 spiro atoms. The van der Waals surface area contributed by atoms with Gasteiger partial charge >= 0.3 is 5.97 Å². The summed E-state index contributed by atoms with van der Waals surface area (Å²) in [6.07, 6.45) is 6.01. The van der Waals surface area contributed by atoms with Gasteiger partial charge in [-0.2, -0.15) is 0 Å². The number of rotatable bonds is 13. The van der Waals surface area contributed by atoms with Gasteiger partial charge in [0.2, 0.25) is 0 Å². The zero-order chi connectivity index (χ0) is 21.0. The lowest BCUT2D eigenvalue weighted by molar-refractivity contribution is -0.160. The average molecular weight is 409 g/mol. The van der Waals surface area contributed by atoms with Gasteiger partial charge in [0.1, 0.15) is 23.7 Å². The Bertz CT molecular complexity index is 608. The van der Waals surface area contributed by atoms with Crippen LogP contribution in [0.1, 0.15) is 58.4 Å². The van der Waals surface area contributed by atoms with E-state index in [4.69, 9.17) is 23.7 Å². The van der Waals surface area contributed by atoms with Gasteiger partial charge in [0.05, 0.1) is 13.2 Å². The monoisotopic (exact) mass is 408 g/mol. The first-order chi connectivity index (χ1) is 13.9. The number of benzene rings is 1. The molecule has 1 heterocycles. The van der Waals surface area contributed by atoms with E-state index in [0.29, 0.717) is 13.2 Å². The number of carbonyl (C=O) groups is 1. The molecular formula is C23H36O6. The van der Waals surface area contributed by atoms with E-state index in [9.17, 15) is 4.79 Å². The molecule has 0 radical (unpaired) electrons. The number of hydrogen-bond donors (Lipinski definition) is 0. The van der Waals surface area contributed by atoms with Crippen LogP contribution in [-0.2, 0) is 25.4 Å². The van der Waals surface area contributed by atoms with Crippen LogP contribution >= 0.6 is 0 Å². The van der Waals surface area contributed by atoms with Gasteiger partial charge in [-0.1, -0.05) is 0 Å². The Balaban J connectivity index is 1.38. The van der Waals surface area contributed by atoms with Gasteiger partial charge in [0.15, 0.2) is 0 Å². The van der Waals surface area contributed by atoms with Crippen molar-refractivity contribution in [3.8, 4) is 11.5 Å². The quantitative estimate of drug-likeness (QED) is 0.358. The summed E-state index contributed by atoms with van der Waals surface area (Å²) < 4.78 is 27.5. The summed E-state index contributed by atoms with van der Waals surface area (Å²) in [4.78, 5) is 11.5. The summed E-state index contributed by atoms with van der Waals surface area (Å²) in [7, 11) is 0. The molecule has 1 aromatic carbocycles. The van der Waals surface area contributed by atoms with E-state index >= 15 is 0 Å². The minimum absolute atomic E-state index is 0.00544. The first-order valence-electron chi connectivity index (χ1n) is 10.7. The summed E-state index contributed by atoms with van der Waals surface area (Å²) in [6, 6.07) is 6.09. The largest absolute Gasteiger partial charge is 0.494 e. The maximum atomic E-state index is 11.5.